The van der Waals surface area contributed by atoms with Crippen LogP contribution in [0.4, 0.5) is 4.79 Å². The molecule has 114 valence electrons. The molecule has 6 nitrogen and oxygen atoms in total. The molecule has 0 aliphatic carbocycles. The summed E-state index contributed by atoms with van der Waals surface area (Å²) in [5.41, 5.74) is 1.15. The van der Waals surface area contributed by atoms with Gasteiger partial charge >= 0.3 is 6.09 Å². The molecule has 0 atom stereocenters. The first-order chi connectivity index (χ1) is 10.8. The number of rotatable bonds is 3. The summed E-state index contributed by atoms with van der Waals surface area (Å²) in [5.74, 6) is 1.08. The molecule has 0 spiro atoms. The van der Waals surface area contributed by atoms with Gasteiger partial charge in [0, 0.05) is 32.6 Å². The minimum Gasteiger partial charge on any atom is -0.407 e. The Balaban J connectivity index is 1.58. The Morgan fingerprint density at radius 3 is 2.50 bits per heavy atom. The number of aromatic nitrogens is 2. The van der Waals surface area contributed by atoms with Crippen LogP contribution in [0.2, 0.25) is 0 Å². The van der Waals surface area contributed by atoms with Gasteiger partial charge in [-0.2, -0.15) is 0 Å². The molecule has 1 aliphatic heterocycles. The molecule has 22 heavy (non-hydrogen) atoms. The van der Waals surface area contributed by atoms with Gasteiger partial charge in [-0.3, -0.25) is 0 Å². The van der Waals surface area contributed by atoms with Gasteiger partial charge in [0.2, 0.25) is 0 Å². The fraction of sp³-hybridized carbons (Fsp3) is 0.312. The van der Waals surface area contributed by atoms with Crippen molar-refractivity contribution in [1.29, 1.82) is 0 Å². The van der Waals surface area contributed by atoms with Crippen molar-refractivity contribution in [2.75, 3.05) is 26.2 Å². The average Bonchev–Trinajstić information content (AvgIpc) is 2.58. The summed E-state index contributed by atoms with van der Waals surface area (Å²) < 4.78 is 5.29. The Hall–Kier alpha value is -2.47. The van der Waals surface area contributed by atoms with Crippen molar-refractivity contribution in [1.82, 2.24) is 20.2 Å². The van der Waals surface area contributed by atoms with Crippen molar-refractivity contribution < 1.29 is 9.53 Å². The second kappa shape index (κ2) is 7.00. The van der Waals surface area contributed by atoms with E-state index in [1.165, 1.54) is 0 Å². The van der Waals surface area contributed by atoms with Crippen LogP contribution in [0.1, 0.15) is 11.4 Å². The maximum absolute atomic E-state index is 12.0. The van der Waals surface area contributed by atoms with Gasteiger partial charge in [-0.15, -0.1) is 0 Å². The smallest absolute Gasteiger partial charge is 0.407 e. The number of carbonyl (C=O) groups excluding carboxylic acids is 1. The summed E-state index contributed by atoms with van der Waals surface area (Å²) in [6.07, 6.45) is 3.41. The molecule has 0 bridgehead atoms. The highest BCUT2D eigenvalue weighted by Gasteiger charge is 2.18. The Bertz CT molecular complexity index is 610. The zero-order valence-electron chi connectivity index (χ0n) is 12.2. The third-order valence-corrected chi connectivity index (χ3v) is 3.47. The highest BCUT2D eigenvalue weighted by molar-refractivity contribution is 5.70. The lowest BCUT2D eigenvalue weighted by atomic mass is 10.1. The lowest BCUT2D eigenvalue weighted by Gasteiger charge is -2.26. The van der Waals surface area contributed by atoms with E-state index in [1.54, 1.807) is 17.3 Å². The fourth-order valence-electron chi connectivity index (χ4n) is 2.28. The van der Waals surface area contributed by atoms with Gasteiger partial charge in [-0.05, 0) is 5.56 Å². The molecular weight excluding hydrogens is 280 g/mol. The molecule has 1 aromatic carbocycles. The van der Waals surface area contributed by atoms with Crippen LogP contribution in [0.25, 0.3) is 0 Å². The second-order valence-electron chi connectivity index (χ2n) is 5.10. The van der Waals surface area contributed by atoms with Crippen molar-refractivity contribution >= 4 is 6.09 Å². The van der Waals surface area contributed by atoms with Gasteiger partial charge in [-0.1, -0.05) is 30.3 Å². The van der Waals surface area contributed by atoms with Crippen LogP contribution in [0.5, 0.6) is 5.75 Å². The van der Waals surface area contributed by atoms with Crippen LogP contribution < -0.4 is 10.1 Å². The molecule has 3 rings (SSSR count). The third kappa shape index (κ3) is 3.79. The average molecular weight is 298 g/mol. The topological polar surface area (TPSA) is 67.3 Å². The minimum absolute atomic E-state index is 0.346. The Labute approximate surface area is 129 Å². The molecular formula is C16H18N4O2. The summed E-state index contributed by atoms with van der Waals surface area (Å²) >= 11 is 0. The van der Waals surface area contributed by atoms with Gasteiger partial charge in [0.25, 0.3) is 0 Å². The Morgan fingerprint density at radius 2 is 1.82 bits per heavy atom. The largest absolute Gasteiger partial charge is 0.415 e. The van der Waals surface area contributed by atoms with E-state index in [1.807, 2.05) is 30.3 Å². The quantitative estimate of drug-likeness (QED) is 0.929. The molecule has 2 aromatic rings. The van der Waals surface area contributed by atoms with E-state index in [0.29, 0.717) is 31.1 Å². The van der Waals surface area contributed by atoms with Gasteiger partial charge in [0.15, 0.2) is 5.75 Å². The maximum atomic E-state index is 12.0. The van der Waals surface area contributed by atoms with E-state index in [2.05, 4.69) is 15.3 Å². The number of nitrogens with zero attached hydrogens (tertiary/aromatic N) is 3. The first-order valence-electron chi connectivity index (χ1n) is 7.33. The van der Waals surface area contributed by atoms with E-state index in [4.69, 9.17) is 4.74 Å². The number of carbonyl (C=O) groups is 1. The van der Waals surface area contributed by atoms with Gasteiger partial charge < -0.3 is 15.0 Å². The van der Waals surface area contributed by atoms with Crippen molar-refractivity contribution in [3.63, 3.8) is 0 Å². The zero-order chi connectivity index (χ0) is 15.2. The number of piperazine rings is 1. The Kier molecular flexibility index (Phi) is 4.60. The summed E-state index contributed by atoms with van der Waals surface area (Å²) in [4.78, 5) is 22.1. The first-order valence-corrected chi connectivity index (χ1v) is 7.33. The summed E-state index contributed by atoms with van der Waals surface area (Å²) in [5, 5.41) is 3.19. The van der Waals surface area contributed by atoms with Crippen molar-refractivity contribution in [3.05, 3.63) is 54.1 Å². The molecule has 0 saturated carbocycles. The lowest BCUT2D eigenvalue weighted by Crippen LogP contribution is -2.47. The van der Waals surface area contributed by atoms with E-state index < -0.39 is 0 Å². The lowest BCUT2D eigenvalue weighted by molar-refractivity contribution is 0.145. The standard InChI is InChI=1S/C16H18N4O2/c21-16(20-8-6-17-7-9-20)22-14-11-18-15(19-12-14)10-13-4-2-1-3-5-13/h1-5,11-12,17H,6-10H2. The second-order valence-corrected chi connectivity index (χ2v) is 5.10. The Morgan fingerprint density at radius 1 is 1.14 bits per heavy atom. The fourth-order valence-corrected chi connectivity index (χ4v) is 2.28. The van der Waals surface area contributed by atoms with Crippen LogP contribution >= 0.6 is 0 Å². The number of benzene rings is 1. The predicted molar refractivity (Wildman–Crippen MR) is 81.7 cm³/mol. The maximum Gasteiger partial charge on any atom is 0.415 e. The molecule has 0 unspecified atom stereocenters. The van der Waals surface area contributed by atoms with Crippen molar-refractivity contribution in [2.45, 2.75) is 6.42 Å². The van der Waals surface area contributed by atoms with E-state index in [9.17, 15) is 4.79 Å². The zero-order valence-corrected chi connectivity index (χ0v) is 12.2. The van der Waals surface area contributed by atoms with Crippen LogP contribution in [0.15, 0.2) is 42.7 Å². The third-order valence-electron chi connectivity index (χ3n) is 3.47. The van der Waals surface area contributed by atoms with E-state index in [-0.39, 0.29) is 6.09 Å². The van der Waals surface area contributed by atoms with E-state index in [0.717, 1.165) is 18.7 Å². The van der Waals surface area contributed by atoms with Gasteiger partial charge in [0.1, 0.15) is 5.82 Å². The molecule has 0 radical (unpaired) electrons. The van der Waals surface area contributed by atoms with Crippen LogP contribution in [-0.4, -0.2) is 47.1 Å². The number of ether oxygens (including phenoxy) is 1. The highest BCUT2D eigenvalue weighted by Crippen LogP contribution is 2.11. The highest BCUT2D eigenvalue weighted by atomic mass is 16.6. The molecule has 1 aliphatic rings. The molecule has 1 fully saturated rings. The van der Waals surface area contributed by atoms with Gasteiger partial charge in [0.05, 0.1) is 12.4 Å². The minimum atomic E-state index is -0.346. The monoisotopic (exact) mass is 298 g/mol. The van der Waals surface area contributed by atoms with Crippen molar-refractivity contribution in [3.8, 4) is 5.75 Å². The van der Waals surface area contributed by atoms with Crippen LogP contribution in [0.3, 0.4) is 0 Å². The summed E-state index contributed by atoms with van der Waals surface area (Å²) in [6.45, 7) is 2.90. The number of amides is 1. The van der Waals surface area contributed by atoms with Crippen LogP contribution in [0, 0.1) is 0 Å². The molecule has 1 N–H and O–H groups in total. The first kappa shape index (κ1) is 14.5. The summed E-state index contributed by atoms with van der Waals surface area (Å²) in [7, 11) is 0. The molecule has 1 amide bonds. The molecule has 2 heterocycles. The summed E-state index contributed by atoms with van der Waals surface area (Å²) in [6, 6.07) is 10.0. The van der Waals surface area contributed by atoms with E-state index >= 15 is 0 Å². The SMILES string of the molecule is O=C(Oc1cnc(Cc2ccccc2)nc1)N1CCNCC1. The predicted octanol–water partition coefficient (Wildman–Crippen LogP) is 1.47. The molecule has 1 aromatic heterocycles. The molecule has 1 saturated heterocycles. The molecule has 6 heteroatoms. The van der Waals surface area contributed by atoms with Crippen molar-refractivity contribution in [2.24, 2.45) is 0 Å². The number of nitrogens with one attached hydrogen (secondary N) is 1. The van der Waals surface area contributed by atoms with Gasteiger partial charge in [-0.25, -0.2) is 14.8 Å². The normalized spacial score (nSPS) is 14.6. The number of hydrogen-bond donors (Lipinski definition) is 1. The van der Waals surface area contributed by atoms with Crippen LogP contribution in [-0.2, 0) is 6.42 Å². The number of hydrogen-bond acceptors (Lipinski definition) is 5.